The van der Waals surface area contributed by atoms with E-state index in [4.69, 9.17) is 5.11 Å². The fraction of sp³-hybridized carbons (Fsp3) is 0.538. The van der Waals surface area contributed by atoms with E-state index >= 15 is 0 Å². The van der Waals surface area contributed by atoms with Gasteiger partial charge in [0.05, 0.1) is 5.41 Å². The van der Waals surface area contributed by atoms with Crippen LogP contribution in [-0.2, 0) is 20.3 Å². The second-order valence-electron chi connectivity index (χ2n) is 9.62. The van der Waals surface area contributed by atoms with E-state index in [0.717, 1.165) is 61.7 Å². The molecule has 0 atom stereocenters. The zero-order chi connectivity index (χ0) is 24.2. The molecule has 0 spiro atoms. The Morgan fingerprint density at radius 1 is 0.909 bits per heavy atom. The number of carboxylic acids is 1. The van der Waals surface area contributed by atoms with Crippen molar-refractivity contribution in [2.45, 2.75) is 88.9 Å². The number of aliphatic carboxylic acids is 1. The van der Waals surface area contributed by atoms with E-state index in [1.807, 2.05) is 18.2 Å². The van der Waals surface area contributed by atoms with E-state index < -0.39 is 16.1 Å². The van der Waals surface area contributed by atoms with Crippen LogP contribution in [-0.4, -0.2) is 40.9 Å². The molecule has 2 aromatic carbocycles. The summed E-state index contributed by atoms with van der Waals surface area (Å²) in [5.74, 6) is -0.708. The second kappa shape index (κ2) is 10.3. The van der Waals surface area contributed by atoms with Crippen LogP contribution in [0.25, 0.3) is 10.8 Å². The smallest absolute Gasteiger partial charge is 0.303 e. The largest absolute Gasteiger partial charge is 0.481 e. The maximum absolute atomic E-state index is 11.9. The van der Waals surface area contributed by atoms with Gasteiger partial charge in [0.1, 0.15) is 11.4 Å². The van der Waals surface area contributed by atoms with Crippen LogP contribution in [0, 0.1) is 0 Å². The molecular formula is C26H36NO5S+. The van der Waals surface area contributed by atoms with Crippen molar-refractivity contribution >= 4 is 38.3 Å². The van der Waals surface area contributed by atoms with Crippen molar-refractivity contribution in [3.05, 3.63) is 35.9 Å². The Kier molecular flexibility index (Phi) is 7.96. The van der Waals surface area contributed by atoms with Crippen LogP contribution >= 0.6 is 0 Å². The van der Waals surface area contributed by atoms with Crippen molar-refractivity contribution < 1.29 is 27.4 Å². The lowest BCUT2D eigenvalue weighted by Gasteiger charge is -2.17. The molecule has 0 aliphatic carbocycles. The van der Waals surface area contributed by atoms with Gasteiger partial charge in [0.15, 0.2) is 5.71 Å². The third-order valence-corrected chi connectivity index (χ3v) is 7.94. The molecule has 6 nitrogen and oxygen atoms in total. The molecule has 0 radical (unpaired) electrons. The maximum atomic E-state index is 11.9. The first-order chi connectivity index (χ1) is 15.5. The number of fused-ring (bicyclic) bond motifs is 3. The zero-order valence-electron chi connectivity index (χ0n) is 19.9. The lowest BCUT2D eigenvalue weighted by molar-refractivity contribution is -0.439. The molecule has 1 aliphatic rings. The van der Waals surface area contributed by atoms with Gasteiger partial charge in [-0.25, -0.2) is 0 Å². The molecule has 2 aromatic rings. The quantitative estimate of drug-likeness (QED) is 0.221. The summed E-state index contributed by atoms with van der Waals surface area (Å²) in [6, 6.07) is 8.89. The Morgan fingerprint density at radius 3 is 2.12 bits per heavy atom. The molecule has 33 heavy (non-hydrogen) atoms. The first kappa shape index (κ1) is 25.4. The minimum atomic E-state index is -4.29. The predicted molar refractivity (Wildman–Crippen MR) is 131 cm³/mol. The Morgan fingerprint density at radius 2 is 1.52 bits per heavy atom. The van der Waals surface area contributed by atoms with Crippen LogP contribution in [0.2, 0.25) is 0 Å². The fourth-order valence-electron chi connectivity index (χ4n) is 5.02. The van der Waals surface area contributed by atoms with Crippen molar-refractivity contribution in [3.8, 4) is 0 Å². The Balaban J connectivity index is 1.64. The Labute approximate surface area is 197 Å². The SMILES string of the molecule is CC1=[N+](CCCCCCCCCCC(=O)O)c2ccc3c(S(=O)(=O)O)cccc3c2C1(C)C. The van der Waals surface area contributed by atoms with E-state index in [0.29, 0.717) is 5.39 Å². The molecule has 2 N–H and O–H groups in total. The third kappa shape index (κ3) is 5.64. The number of hydrogen-bond donors (Lipinski definition) is 2. The van der Waals surface area contributed by atoms with Crippen LogP contribution in [0.5, 0.6) is 0 Å². The highest BCUT2D eigenvalue weighted by Crippen LogP contribution is 2.44. The van der Waals surface area contributed by atoms with E-state index in [-0.39, 0.29) is 16.7 Å². The normalized spacial score (nSPS) is 15.3. The molecule has 1 aliphatic heterocycles. The molecule has 0 saturated carbocycles. The van der Waals surface area contributed by atoms with Crippen LogP contribution in [0.3, 0.4) is 0 Å². The van der Waals surface area contributed by atoms with Gasteiger partial charge in [-0.2, -0.15) is 13.0 Å². The van der Waals surface area contributed by atoms with Gasteiger partial charge in [0, 0.05) is 36.8 Å². The number of hydrogen-bond acceptors (Lipinski definition) is 3. The molecular weight excluding hydrogens is 438 g/mol. The minimum Gasteiger partial charge on any atom is -0.481 e. The first-order valence-corrected chi connectivity index (χ1v) is 13.4. The molecule has 0 amide bonds. The number of carboxylic acid groups (broad SMARTS) is 1. The Bertz CT molecular complexity index is 1160. The first-order valence-electron chi connectivity index (χ1n) is 11.9. The van der Waals surface area contributed by atoms with Crippen molar-refractivity contribution in [2.75, 3.05) is 6.54 Å². The van der Waals surface area contributed by atoms with Gasteiger partial charge in [-0.05, 0) is 44.2 Å². The maximum Gasteiger partial charge on any atom is 0.303 e. The predicted octanol–water partition coefficient (Wildman–Crippen LogP) is 6.08. The third-order valence-electron chi connectivity index (χ3n) is 7.02. The summed E-state index contributed by atoms with van der Waals surface area (Å²) in [4.78, 5) is 10.5. The number of nitrogens with zero attached hydrogens (tertiary/aromatic N) is 1. The standard InChI is InChI=1S/C26H35NO5S/c1-19-26(2,3)25-21-13-12-14-23(33(30,31)32)20(21)16-17-22(25)27(19)18-11-9-7-5-4-6-8-10-15-24(28)29/h12-14,16-17H,4-11,15,18H2,1-3H3,(H-,28,29,30,31,32)/p+1. The average molecular weight is 475 g/mol. The number of carbonyl (C=O) groups is 1. The van der Waals surface area contributed by atoms with Crippen molar-refractivity contribution in [2.24, 2.45) is 0 Å². The highest BCUT2D eigenvalue weighted by molar-refractivity contribution is 7.86. The van der Waals surface area contributed by atoms with Gasteiger partial charge in [0.25, 0.3) is 10.1 Å². The van der Waals surface area contributed by atoms with Gasteiger partial charge >= 0.3 is 5.97 Å². The van der Waals surface area contributed by atoms with E-state index in [9.17, 15) is 17.8 Å². The summed E-state index contributed by atoms with van der Waals surface area (Å²) in [6.07, 6.45) is 8.89. The van der Waals surface area contributed by atoms with Crippen LogP contribution in [0.4, 0.5) is 5.69 Å². The lowest BCUT2D eigenvalue weighted by Crippen LogP contribution is -2.27. The second-order valence-corrected chi connectivity index (χ2v) is 11.0. The molecule has 3 rings (SSSR count). The average Bonchev–Trinajstić information content (AvgIpc) is 2.94. The van der Waals surface area contributed by atoms with E-state index in [1.54, 1.807) is 6.07 Å². The summed E-state index contributed by atoms with van der Waals surface area (Å²) in [5.41, 5.74) is 3.25. The van der Waals surface area contributed by atoms with E-state index in [2.05, 4.69) is 25.3 Å². The molecule has 1 heterocycles. The Hall–Kier alpha value is -2.25. The van der Waals surface area contributed by atoms with Crippen molar-refractivity contribution in [1.29, 1.82) is 0 Å². The number of unbranched alkanes of at least 4 members (excludes halogenated alkanes) is 7. The molecule has 0 aromatic heterocycles. The summed E-state index contributed by atoms with van der Waals surface area (Å²) >= 11 is 0. The molecule has 7 heteroatoms. The van der Waals surface area contributed by atoms with Gasteiger partial charge in [-0.3, -0.25) is 9.35 Å². The fourth-order valence-corrected chi connectivity index (χ4v) is 5.72. The van der Waals surface area contributed by atoms with Crippen molar-refractivity contribution in [3.63, 3.8) is 0 Å². The highest BCUT2D eigenvalue weighted by Gasteiger charge is 2.44. The molecule has 0 unspecified atom stereocenters. The monoisotopic (exact) mass is 474 g/mol. The topological polar surface area (TPSA) is 94.7 Å². The number of rotatable bonds is 12. The van der Waals surface area contributed by atoms with Crippen LogP contribution in [0.1, 0.15) is 84.1 Å². The minimum absolute atomic E-state index is 0.0438. The van der Waals surface area contributed by atoms with Crippen LogP contribution < -0.4 is 0 Å². The molecule has 180 valence electrons. The summed E-state index contributed by atoms with van der Waals surface area (Å²) in [5, 5.41) is 10.1. The van der Waals surface area contributed by atoms with E-state index in [1.165, 1.54) is 24.6 Å². The molecule has 0 fully saturated rings. The highest BCUT2D eigenvalue weighted by atomic mass is 32.2. The van der Waals surface area contributed by atoms with Crippen LogP contribution in [0.15, 0.2) is 35.2 Å². The summed E-state index contributed by atoms with van der Waals surface area (Å²) in [6.45, 7) is 7.41. The van der Waals surface area contributed by atoms with Crippen molar-refractivity contribution in [1.82, 2.24) is 0 Å². The summed E-state index contributed by atoms with van der Waals surface area (Å²) < 4.78 is 35.8. The molecule has 0 saturated heterocycles. The van der Waals surface area contributed by atoms with Gasteiger partial charge in [0.2, 0.25) is 5.69 Å². The van der Waals surface area contributed by atoms with Gasteiger partial charge in [-0.15, -0.1) is 0 Å². The van der Waals surface area contributed by atoms with Gasteiger partial charge < -0.3 is 5.11 Å². The number of benzene rings is 2. The summed E-state index contributed by atoms with van der Waals surface area (Å²) in [7, 11) is -4.29. The molecule has 0 bridgehead atoms. The van der Waals surface area contributed by atoms with Gasteiger partial charge in [-0.1, -0.05) is 44.2 Å². The zero-order valence-corrected chi connectivity index (χ0v) is 20.7. The lowest BCUT2D eigenvalue weighted by atomic mass is 9.80.